The number of rotatable bonds is 13. The van der Waals surface area contributed by atoms with Gasteiger partial charge in [0, 0.05) is 38.9 Å². The van der Waals surface area contributed by atoms with Crippen molar-refractivity contribution in [1.29, 1.82) is 0 Å². The lowest BCUT2D eigenvalue weighted by molar-refractivity contribution is 0.591. The number of aliphatic imine (C=N–C) groups is 2. The van der Waals surface area contributed by atoms with Crippen molar-refractivity contribution >= 4 is 73.5 Å². The molecule has 0 bridgehead atoms. The number of allylic oxidation sites excluding steroid dienone is 5. The van der Waals surface area contributed by atoms with Crippen LogP contribution in [0, 0.1) is 0 Å². The van der Waals surface area contributed by atoms with E-state index in [0.717, 1.165) is 74.5 Å². The van der Waals surface area contributed by atoms with Gasteiger partial charge in [-0.3, -0.25) is 9.88 Å². The molecule has 0 aliphatic heterocycles. The topological polar surface area (TPSA) is 41.7 Å². The van der Waals surface area contributed by atoms with Crippen LogP contribution in [0.15, 0.2) is 199 Å². The van der Waals surface area contributed by atoms with Gasteiger partial charge in [0.05, 0.1) is 11.2 Å². The minimum Gasteiger partial charge on any atom is -0.288 e. The van der Waals surface area contributed by atoms with Crippen LogP contribution in [0.5, 0.6) is 0 Å². The highest BCUT2D eigenvalue weighted by atomic mass is 32.1. The lowest BCUT2D eigenvalue weighted by Crippen LogP contribution is -2.31. The summed E-state index contributed by atoms with van der Waals surface area (Å²) in [7, 11) is 0. The Morgan fingerprint density at radius 3 is 2.33 bits per heavy atom. The van der Waals surface area contributed by atoms with Crippen LogP contribution in [0.4, 0.5) is 0 Å². The van der Waals surface area contributed by atoms with Crippen LogP contribution in [0.3, 0.4) is 0 Å². The van der Waals surface area contributed by atoms with E-state index in [2.05, 4.69) is 207 Å². The molecule has 0 spiro atoms. The molecule has 1 N–H and O–H groups in total. The predicted molar refractivity (Wildman–Crippen MR) is 280 cm³/mol. The number of fused-ring (bicyclic) bond motifs is 4. The molecule has 0 radical (unpaired) electrons. The highest BCUT2D eigenvalue weighted by Crippen LogP contribution is 2.42. The van der Waals surface area contributed by atoms with E-state index in [1.54, 1.807) is 0 Å². The van der Waals surface area contributed by atoms with Crippen molar-refractivity contribution in [2.24, 2.45) is 9.98 Å². The molecule has 0 fully saturated rings. The molecule has 0 amide bonds. The number of thiophene rings is 1. The second kappa shape index (κ2) is 19.1. The van der Waals surface area contributed by atoms with E-state index in [0.29, 0.717) is 12.5 Å². The summed E-state index contributed by atoms with van der Waals surface area (Å²) in [5.41, 5.74) is 13.1. The largest absolute Gasteiger partial charge is 0.288 e. The monoisotopic (exact) mass is 848 g/mol. The quantitative estimate of drug-likeness (QED) is 0.0701. The Labute approximate surface area is 381 Å². The molecule has 4 nitrogen and oxygen atoms in total. The first-order chi connectivity index (χ1) is 31.5. The number of nitrogens with zero attached hydrogens (tertiary/aromatic N) is 3. The molecule has 9 rings (SSSR count). The average Bonchev–Trinajstić information content (AvgIpc) is 3.89. The molecule has 1 aliphatic carbocycles. The van der Waals surface area contributed by atoms with E-state index < -0.39 is 0 Å². The van der Waals surface area contributed by atoms with Crippen molar-refractivity contribution < 1.29 is 0 Å². The highest BCUT2D eigenvalue weighted by Gasteiger charge is 2.25. The molecule has 64 heavy (non-hydrogen) atoms. The van der Waals surface area contributed by atoms with Gasteiger partial charge < -0.3 is 0 Å². The van der Waals surface area contributed by atoms with E-state index in [4.69, 9.17) is 16.6 Å². The van der Waals surface area contributed by atoms with Gasteiger partial charge in [-0.15, -0.1) is 11.3 Å². The first-order valence-electron chi connectivity index (χ1n) is 22.1. The maximum Gasteiger partial charge on any atom is 0.231 e. The SMILES string of the molecule is C=Cc1c(C/C=C\C)sc2c(-c3cccc(C(=C)c4c(/C=C\C)c5c6ccccc6ccc5n4/C(N=C)=N/C(NCc4ccc(-c5ccccc5)cc4)C4=CCCC=C4)c3)cccc12. The lowest BCUT2D eigenvalue weighted by atomic mass is 9.94. The van der Waals surface area contributed by atoms with Gasteiger partial charge in [0.1, 0.15) is 6.17 Å². The van der Waals surface area contributed by atoms with Gasteiger partial charge in [0.25, 0.3) is 0 Å². The van der Waals surface area contributed by atoms with Crippen molar-refractivity contribution in [1.82, 2.24) is 9.88 Å². The minimum absolute atomic E-state index is 0.386. The second-order valence-electron chi connectivity index (χ2n) is 16.1. The second-order valence-corrected chi connectivity index (χ2v) is 17.2. The number of benzene rings is 6. The van der Waals surface area contributed by atoms with Gasteiger partial charge >= 0.3 is 0 Å². The van der Waals surface area contributed by atoms with Gasteiger partial charge in [0.2, 0.25) is 5.96 Å². The Morgan fingerprint density at radius 2 is 1.56 bits per heavy atom. The highest BCUT2D eigenvalue weighted by molar-refractivity contribution is 7.20. The minimum atomic E-state index is -0.386. The predicted octanol–water partition coefficient (Wildman–Crippen LogP) is 15.5. The smallest absolute Gasteiger partial charge is 0.231 e. The van der Waals surface area contributed by atoms with Gasteiger partial charge in [-0.05, 0) is 106 Å². The molecule has 5 heteroatoms. The summed E-state index contributed by atoms with van der Waals surface area (Å²) < 4.78 is 3.44. The van der Waals surface area contributed by atoms with Crippen LogP contribution in [-0.2, 0) is 13.0 Å². The molecule has 6 aromatic carbocycles. The Bertz CT molecular complexity index is 3200. The molecule has 1 aliphatic rings. The molecule has 8 aromatic rings. The number of nitrogens with one attached hydrogen (secondary N) is 1. The maximum atomic E-state index is 5.49. The van der Waals surface area contributed by atoms with E-state index >= 15 is 0 Å². The molecule has 2 heterocycles. The maximum absolute atomic E-state index is 5.49. The Hall–Kier alpha value is -7.18. The van der Waals surface area contributed by atoms with Crippen LogP contribution in [0.25, 0.3) is 71.7 Å². The molecule has 2 aromatic heterocycles. The van der Waals surface area contributed by atoms with Crippen molar-refractivity contribution in [2.75, 3.05) is 0 Å². The summed E-state index contributed by atoms with van der Waals surface area (Å²) in [5.74, 6) is 0.495. The fraction of sp³-hybridized carbons (Fsp3) is 0.119. The number of hydrogen-bond acceptors (Lipinski definition) is 3. The zero-order valence-electron chi connectivity index (χ0n) is 36.6. The Kier molecular flexibility index (Phi) is 12.5. The fourth-order valence-electron chi connectivity index (χ4n) is 8.97. The van der Waals surface area contributed by atoms with Gasteiger partial charge in [0.15, 0.2) is 0 Å². The number of aromatic nitrogens is 1. The molecule has 314 valence electrons. The molecular weight excluding hydrogens is 797 g/mol. The third-order valence-corrected chi connectivity index (χ3v) is 13.4. The lowest BCUT2D eigenvalue weighted by Gasteiger charge is -2.21. The summed E-state index contributed by atoms with van der Waals surface area (Å²) >= 11 is 1.85. The number of hydrogen-bond donors (Lipinski definition) is 1. The first kappa shape index (κ1) is 42.1. The molecule has 0 saturated heterocycles. The normalized spacial score (nSPS) is 13.7. The molecule has 0 saturated carbocycles. The third-order valence-electron chi connectivity index (χ3n) is 12.1. The Balaban J connectivity index is 1.18. The fourth-order valence-corrected chi connectivity index (χ4v) is 10.3. The van der Waals surface area contributed by atoms with Crippen LogP contribution in [0.1, 0.15) is 59.5 Å². The molecule has 1 atom stereocenters. The van der Waals surface area contributed by atoms with Crippen molar-refractivity contribution in [3.8, 4) is 22.3 Å². The van der Waals surface area contributed by atoms with E-state index in [1.807, 2.05) is 23.5 Å². The van der Waals surface area contributed by atoms with Crippen LogP contribution < -0.4 is 5.32 Å². The van der Waals surface area contributed by atoms with Crippen molar-refractivity contribution in [3.63, 3.8) is 0 Å². The first-order valence-corrected chi connectivity index (χ1v) is 22.9. The summed E-state index contributed by atoms with van der Waals surface area (Å²) in [4.78, 5) is 11.6. The Morgan fingerprint density at radius 1 is 0.797 bits per heavy atom. The summed E-state index contributed by atoms with van der Waals surface area (Å²) in [6.07, 6.45) is 19.8. The van der Waals surface area contributed by atoms with Gasteiger partial charge in [-0.1, -0.05) is 183 Å². The molecular formula is C59H52N4S. The van der Waals surface area contributed by atoms with Crippen molar-refractivity contribution in [3.05, 3.63) is 221 Å². The van der Waals surface area contributed by atoms with E-state index in [1.165, 1.54) is 42.8 Å². The van der Waals surface area contributed by atoms with Gasteiger partial charge in [-0.2, -0.15) is 0 Å². The van der Waals surface area contributed by atoms with Crippen LogP contribution >= 0.6 is 11.3 Å². The summed E-state index contributed by atoms with van der Waals surface area (Å²) in [5, 5.41) is 8.46. The van der Waals surface area contributed by atoms with E-state index in [-0.39, 0.29) is 6.17 Å². The average molecular weight is 849 g/mol. The zero-order chi connectivity index (χ0) is 44.0. The summed E-state index contributed by atoms with van der Waals surface area (Å²) in [6, 6.07) is 47.6. The molecule has 1 unspecified atom stereocenters. The van der Waals surface area contributed by atoms with Crippen molar-refractivity contribution in [2.45, 2.75) is 45.8 Å². The van der Waals surface area contributed by atoms with E-state index in [9.17, 15) is 0 Å². The van der Waals surface area contributed by atoms with Gasteiger partial charge in [-0.25, -0.2) is 9.98 Å². The third kappa shape index (κ3) is 8.24. The standard InChI is InChI=1S/C59H52N4S/c1-6-9-31-54-48(8-3)51-30-19-29-50(57(51)64-54)47-27-18-26-46(38-47)40(4)56-52(20-7-2)55-49-28-17-16-23-44(49)36-37-53(55)63(56)59(60-5)62-58(45-24-14-11-15-25-45)61-39-41-32-34-43(35-33-41)42-21-12-10-13-22-42/h6-10,12-14,16-30,32-38,58,61H,3-5,11,15,31,39H2,1-2H3/b9-6-,20-7-,62-59+. The van der Waals surface area contributed by atoms with Crippen LogP contribution in [-0.4, -0.2) is 23.4 Å². The summed E-state index contributed by atoms with van der Waals surface area (Å²) in [6.45, 7) is 18.0. The van der Waals surface area contributed by atoms with Crippen LogP contribution in [0.2, 0.25) is 0 Å². The zero-order valence-corrected chi connectivity index (χ0v) is 37.4.